The van der Waals surface area contributed by atoms with Crippen molar-refractivity contribution in [3.63, 3.8) is 0 Å². The van der Waals surface area contributed by atoms with Crippen LogP contribution in [0, 0.1) is 0 Å². The van der Waals surface area contributed by atoms with Gasteiger partial charge in [-0.1, -0.05) is 0 Å². The molecule has 82 valence electrons. The lowest BCUT2D eigenvalue weighted by atomic mass is 9.95. The van der Waals surface area contributed by atoms with E-state index in [9.17, 15) is 15.0 Å². The lowest BCUT2D eigenvalue weighted by Crippen LogP contribution is -2.71. The summed E-state index contributed by atoms with van der Waals surface area (Å²) in [5.41, 5.74) is -0.416. The van der Waals surface area contributed by atoms with Crippen LogP contribution in [0.2, 0.25) is 0 Å². The Bertz CT molecular complexity index is 234. The van der Waals surface area contributed by atoms with Crippen LogP contribution >= 0.6 is 0 Å². The zero-order chi connectivity index (χ0) is 11.0. The fourth-order valence-electron chi connectivity index (χ4n) is 2.19. The molecule has 0 radical (unpaired) electrons. The van der Waals surface area contributed by atoms with Gasteiger partial charge in [0.2, 0.25) is 0 Å². The Morgan fingerprint density at radius 3 is 2.36 bits per heavy atom. The molecule has 0 aromatic rings. The molecule has 0 bridgehead atoms. The average Bonchev–Trinajstić information content (AvgIpc) is 2.01. The molecule has 1 saturated heterocycles. The van der Waals surface area contributed by atoms with Gasteiger partial charge in [0.15, 0.2) is 0 Å². The highest BCUT2D eigenvalue weighted by molar-refractivity contribution is 5.54. The molecular formula is C10H19NO3. The molecule has 4 nitrogen and oxygen atoms in total. The molecule has 1 heterocycles. The van der Waals surface area contributed by atoms with Gasteiger partial charge in [0.25, 0.3) is 6.09 Å². The fraction of sp³-hybridized carbons (Fsp3) is 0.900. The summed E-state index contributed by atoms with van der Waals surface area (Å²) in [7, 11) is 0. The van der Waals surface area contributed by atoms with Crippen molar-refractivity contribution in [2.24, 2.45) is 0 Å². The smallest absolute Gasteiger partial charge is 0.257 e. The Kier molecular flexibility index (Phi) is 2.88. The summed E-state index contributed by atoms with van der Waals surface area (Å²) in [5.74, 6) is 0. The fourth-order valence-corrected chi connectivity index (χ4v) is 2.19. The highest BCUT2D eigenvalue weighted by Crippen LogP contribution is 2.29. The monoisotopic (exact) mass is 201 g/mol. The first-order valence-electron chi connectivity index (χ1n) is 5.06. The van der Waals surface area contributed by atoms with Gasteiger partial charge in [-0.15, -0.1) is 0 Å². The Morgan fingerprint density at radius 2 is 2.07 bits per heavy atom. The Hall–Kier alpha value is -0.610. The summed E-state index contributed by atoms with van der Waals surface area (Å²) < 4.78 is -0.131. The van der Waals surface area contributed by atoms with E-state index in [1.54, 1.807) is 0 Å². The maximum Gasteiger partial charge on any atom is 0.257 e. The topological polar surface area (TPSA) is 60.4 Å². The van der Waals surface area contributed by atoms with Crippen LogP contribution < -0.4 is 5.11 Å². The first-order chi connectivity index (χ1) is 6.29. The highest BCUT2D eigenvalue weighted by Gasteiger charge is 2.45. The molecule has 1 rings (SSSR count). The number of aliphatic hydroxyl groups excluding tert-OH is 1. The third kappa shape index (κ3) is 1.77. The standard InChI is InChI=1S/C10H19NO3/c1-10(2,3)11(9(13)14)6-4-5-8(12)7-11/h8,12H,4-7H2,1-3H3/t8-,11?/m1/s1. The second-order valence-corrected chi connectivity index (χ2v) is 5.11. The molecule has 0 aromatic heterocycles. The number of hydrogen-bond acceptors (Lipinski definition) is 3. The van der Waals surface area contributed by atoms with Crippen molar-refractivity contribution in [2.45, 2.75) is 45.3 Å². The van der Waals surface area contributed by atoms with Crippen LogP contribution in [0.25, 0.3) is 0 Å². The molecule has 2 atom stereocenters. The van der Waals surface area contributed by atoms with Crippen molar-refractivity contribution < 1.29 is 19.5 Å². The van der Waals surface area contributed by atoms with Crippen LogP contribution in [0.3, 0.4) is 0 Å². The van der Waals surface area contributed by atoms with Gasteiger partial charge in [0.1, 0.15) is 12.6 Å². The average molecular weight is 201 g/mol. The first kappa shape index (κ1) is 11.5. The maximum absolute atomic E-state index is 11.2. The van der Waals surface area contributed by atoms with Gasteiger partial charge in [-0.3, -0.25) is 4.48 Å². The Balaban J connectivity index is 2.98. The predicted molar refractivity (Wildman–Crippen MR) is 50.4 cm³/mol. The van der Waals surface area contributed by atoms with Crippen LogP contribution in [-0.4, -0.2) is 40.4 Å². The van der Waals surface area contributed by atoms with E-state index in [0.717, 1.165) is 6.42 Å². The van der Waals surface area contributed by atoms with Crippen LogP contribution in [0.5, 0.6) is 0 Å². The number of piperidine rings is 1. The van der Waals surface area contributed by atoms with E-state index in [-0.39, 0.29) is 11.0 Å². The Morgan fingerprint density at radius 1 is 1.50 bits per heavy atom. The first-order valence-corrected chi connectivity index (χ1v) is 5.06. The summed E-state index contributed by atoms with van der Waals surface area (Å²) in [5, 5.41) is 20.8. The van der Waals surface area contributed by atoms with Crippen molar-refractivity contribution in [1.82, 2.24) is 0 Å². The summed E-state index contributed by atoms with van der Waals surface area (Å²) in [6.07, 6.45) is -0.146. The number of carbonyl (C=O) groups is 1. The van der Waals surface area contributed by atoms with Crippen LogP contribution in [-0.2, 0) is 0 Å². The molecule has 1 aliphatic rings. The second-order valence-electron chi connectivity index (χ2n) is 5.11. The molecule has 1 unspecified atom stereocenters. The summed E-state index contributed by atoms with van der Waals surface area (Å²) >= 11 is 0. The molecule has 1 N–H and O–H groups in total. The molecule has 1 amide bonds. The predicted octanol–water partition coefficient (Wildman–Crippen LogP) is 0.0997. The number of likely N-dealkylation sites (tertiary alicyclic amines) is 1. The number of carboxylic acid groups (broad SMARTS) is 1. The van der Waals surface area contributed by atoms with Gasteiger partial charge < -0.3 is 15.0 Å². The number of carbonyl (C=O) groups excluding carboxylic acids is 1. The summed E-state index contributed by atoms with van der Waals surface area (Å²) in [6.45, 7) is 6.46. The van der Waals surface area contributed by atoms with Crippen LogP contribution in [0.15, 0.2) is 0 Å². The zero-order valence-electron chi connectivity index (χ0n) is 9.12. The van der Waals surface area contributed by atoms with Crippen molar-refractivity contribution in [3.05, 3.63) is 0 Å². The van der Waals surface area contributed by atoms with Crippen molar-refractivity contribution >= 4 is 6.09 Å². The minimum absolute atomic E-state index is 0.131. The largest absolute Gasteiger partial charge is 0.498 e. The van der Waals surface area contributed by atoms with Gasteiger partial charge in [-0.25, -0.2) is 0 Å². The third-order valence-corrected chi connectivity index (χ3v) is 3.23. The quantitative estimate of drug-likeness (QED) is 0.565. The van der Waals surface area contributed by atoms with Gasteiger partial charge in [-0.05, 0) is 33.6 Å². The molecule has 4 heteroatoms. The number of rotatable bonds is 0. The maximum atomic E-state index is 11.2. The third-order valence-electron chi connectivity index (χ3n) is 3.23. The van der Waals surface area contributed by atoms with E-state index < -0.39 is 17.7 Å². The second kappa shape index (κ2) is 3.51. The number of nitrogens with zero attached hydrogens (tertiary/aromatic N) is 1. The van der Waals surface area contributed by atoms with E-state index in [1.807, 2.05) is 20.8 Å². The van der Waals surface area contributed by atoms with Crippen molar-refractivity contribution in [1.29, 1.82) is 0 Å². The zero-order valence-corrected chi connectivity index (χ0v) is 9.12. The van der Waals surface area contributed by atoms with Gasteiger partial charge in [-0.2, -0.15) is 0 Å². The molecule has 0 aliphatic carbocycles. The molecular weight excluding hydrogens is 182 g/mol. The van der Waals surface area contributed by atoms with E-state index in [2.05, 4.69) is 0 Å². The van der Waals surface area contributed by atoms with Crippen LogP contribution in [0.1, 0.15) is 33.6 Å². The molecule has 1 fully saturated rings. The van der Waals surface area contributed by atoms with Gasteiger partial charge in [0.05, 0.1) is 12.1 Å². The van der Waals surface area contributed by atoms with E-state index in [0.29, 0.717) is 13.0 Å². The summed E-state index contributed by atoms with van der Waals surface area (Å²) in [6, 6.07) is 0. The lowest BCUT2D eigenvalue weighted by Gasteiger charge is -2.51. The summed E-state index contributed by atoms with van der Waals surface area (Å²) in [4.78, 5) is 11.2. The Labute approximate surface area is 84.7 Å². The number of quaternary nitrogens is 1. The van der Waals surface area contributed by atoms with Crippen LogP contribution in [0.4, 0.5) is 4.79 Å². The lowest BCUT2D eigenvalue weighted by molar-refractivity contribution is -0.926. The van der Waals surface area contributed by atoms with Gasteiger partial charge in [0, 0.05) is 0 Å². The van der Waals surface area contributed by atoms with Crippen molar-refractivity contribution in [2.75, 3.05) is 13.1 Å². The minimum Gasteiger partial charge on any atom is -0.498 e. The highest BCUT2D eigenvalue weighted by atomic mass is 16.4. The normalized spacial score (nSPS) is 34.1. The van der Waals surface area contributed by atoms with E-state index in [1.165, 1.54) is 0 Å². The SMILES string of the molecule is CC(C)(C)[N+]1(C(=O)[O-])CCC[C@@H](O)C1. The molecule has 0 aromatic carbocycles. The number of hydrogen-bond donors (Lipinski definition) is 1. The minimum atomic E-state index is -1.07. The van der Waals surface area contributed by atoms with E-state index in [4.69, 9.17) is 0 Å². The number of aliphatic hydroxyl groups is 1. The van der Waals surface area contributed by atoms with Gasteiger partial charge >= 0.3 is 0 Å². The van der Waals surface area contributed by atoms with Crippen molar-refractivity contribution in [3.8, 4) is 0 Å². The van der Waals surface area contributed by atoms with E-state index >= 15 is 0 Å². The number of amides is 1. The molecule has 0 spiro atoms. The molecule has 1 aliphatic heterocycles. The molecule has 14 heavy (non-hydrogen) atoms. The molecule has 0 saturated carbocycles.